The van der Waals surface area contributed by atoms with Crippen molar-refractivity contribution in [1.29, 1.82) is 0 Å². The first kappa shape index (κ1) is 13.4. The van der Waals surface area contributed by atoms with Gasteiger partial charge in [0.25, 0.3) is 0 Å². The lowest BCUT2D eigenvalue weighted by atomic mass is 10.2. The highest BCUT2D eigenvalue weighted by Crippen LogP contribution is 2.22. The summed E-state index contributed by atoms with van der Waals surface area (Å²) in [7, 11) is 0. The second kappa shape index (κ2) is 6.75. The van der Waals surface area contributed by atoms with Gasteiger partial charge in [-0.1, -0.05) is 30.3 Å². The minimum atomic E-state index is -0.0611. The van der Waals surface area contributed by atoms with Gasteiger partial charge in [-0.2, -0.15) is 0 Å². The Kier molecular flexibility index (Phi) is 4.75. The third-order valence-electron chi connectivity index (χ3n) is 2.66. The van der Waals surface area contributed by atoms with Gasteiger partial charge in [0.1, 0.15) is 6.61 Å². The SMILES string of the molecule is CC(CO)Nc1ncccc1OCc1ccccc1. The number of pyridine rings is 1. The summed E-state index contributed by atoms with van der Waals surface area (Å²) in [5, 5.41) is 12.2. The smallest absolute Gasteiger partial charge is 0.169 e. The van der Waals surface area contributed by atoms with E-state index in [9.17, 15) is 0 Å². The normalized spacial score (nSPS) is 11.9. The van der Waals surface area contributed by atoms with E-state index in [4.69, 9.17) is 9.84 Å². The molecule has 1 atom stereocenters. The fraction of sp³-hybridized carbons (Fsp3) is 0.267. The van der Waals surface area contributed by atoms with E-state index in [-0.39, 0.29) is 12.6 Å². The van der Waals surface area contributed by atoms with Crippen LogP contribution in [-0.4, -0.2) is 22.7 Å². The molecule has 0 amide bonds. The Hall–Kier alpha value is -2.07. The number of aliphatic hydroxyl groups excluding tert-OH is 1. The number of hydrogen-bond acceptors (Lipinski definition) is 4. The van der Waals surface area contributed by atoms with Gasteiger partial charge in [-0.15, -0.1) is 0 Å². The van der Waals surface area contributed by atoms with Crippen LogP contribution in [0.2, 0.25) is 0 Å². The van der Waals surface area contributed by atoms with E-state index in [0.29, 0.717) is 18.2 Å². The van der Waals surface area contributed by atoms with Crippen LogP contribution in [0.15, 0.2) is 48.7 Å². The number of nitrogens with zero attached hydrogens (tertiary/aromatic N) is 1. The van der Waals surface area contributed by atoms with Crippen molar-refractivity contribution in [2.75, 3.05) is 11.9 Å². The van der Waals surface area contributed by atoms with E-state index in [2.05, 4.69) is 10.3 Å². The summed E-state index contributed by atoms with van der Waals surface area (Å²) in [6.45, 7) is 2.43. The van der Waals surface area contributed by atoms with Gasteiger partial charge in [0.15, 0.2) is 11.6 Å². The molecule has 2 aromatic rings. The first-order valence-electron chi connectivity index (χ1n) is 6.28. The predicted octanol–water partition coefficient (Wildman–Crippen LogP) is 2.45. The van der Waals surface area contributed by atoms with Crippen LogP contribution in [-0.2, 0) is 6.61 Å². The Morgan fingerprint density at radius 3 is 2.74 bits per heavy atom. The van der Waals surface area contributed by atoms with Gasteiger partial charge >= 0.3 is 0 Å². The van der Waals surface area contributed by atoms with Gasteiger partial charge in [-0.25, -0.2) is 4.98 Å². The van der Waals surface area contributed by atoms with Crippen molar-refractivity contribution in [3.05, 3.63) is 54.2 Å². The molecule has 0 fully saturated rings. The average molecular weight is 258 g/mol. The summed E-state index contributed by atoms with van der Waals surface area (Å²) in [5.41, 5.74) is 1.10. The van der Waals surface area contributed by atoms with Crippen molar-refractivity contribution in [3.63, 3.8) is 0 Å². The van der Waals surface area contributed by atoms with Crippen molar-refractivity contribution in [3.8, 4) is 5.75 Å². The van der Waals surface area contributed by atoms with E-state index in [1.807, 2.05) is 49.4 Å². The molecule has 0 spiro atoms. The van der Waals surface area contributed by atoms with Crippen molar-refractivity contribution in [1.82, 2.24) is 4.98 Å². The van der Waals surface area contributed by atoms with Crippen molar-refractivity contribution >= 4 is 5.82 Å². The topological polar surface area (TPSA) is 54.4 Å². The number of anilines is 1. The molecule has 1 aromatic heterocycles. The Morgan fingerprint density at radius 1 is 1.21 bits per heavy atom. The Balaban J connectivity index is 2.03. The van der Waals surface area contributed by atoms with Crippen LogP contribution < -0.4 is 10.1 Å². The van der Waals surface area contributed by atoms with Crippen molar-refractivity contribution in [2.45, 2.75) is 19.6 Å². The molecule has 4 nitrogen and oxygen atoms in total. The molecule has 2 rings (SSSR count). The van der Waals surface area contributed by atoms with Gasteiger partial charge in [0.05, 0.1) is 6.61 Å². The van der Waals surface area contributed by atoms with Crippen LogP contribution in [0, 0.1) is 0 Å². The average Bonchev–Trinajstić information content (AvgIpc) is 2.47. The Bertz CT molecular complexity index is 503. The summed E-state index contributed by atoms with van der Waals surface area (Å²) in [4.78, 5) is 4.23. The van der Waals surface area contributed by atoms with Crippen molar-refractivity contribution in [2.24, 2.45) is 0 Å². The summed E-state index contributed by atoms with van der Waals surface area (Å²) < 4.78 is 5.76. The number of aliphatic hydroxyl groups is 1. The molecule has 0 aliphatic rings. The number of hydrogen-bond donors (Lipinski definition) is 2. The van der Waals surface area contributed by atoms with Crippen LogP contribution in [0.1, 0.15) is 12.5 Å². The molecule has 1 aromatic carbocycles. The summed E-state index contributed by atoms with van der Waals surface area (Å²) in [6.07, 6.45) is 1.70. The molecule has 0 radical (unpaired) electrons. The third-order valence-corrected chi connectivity index (χ3v) is 2.66. The summed E-state index contributed by atoms with van der Waals surface area (Å²) in [6, 6.07) is 13.6. The highest BCUT2D eigenvalue weighted by atomic mass is 16.5. The largest absolute Gasteiger partial charge is 0.485 e. The number of rotatable bonds is 6. The maximum Gasteiger partial charge on any atom is 0.169 e. The lowest BCUT2D eigenvalue weighted by Gasteiger charge is -2.15. The zero-order chi connectivity index (χ0) is 13.5. The molecule has 0 aliphatic carbocycles. The van der Waals surface area contributed by atoms with E-state index in [0.717, 1.165) is 5.56 Å². The fourth-order valence-corrected chi connectivity index (χ4v) is 1.63. The molecule has 100 valence electrons. The molecule has 0 aliphatic heterocycles. The first-order valence-corrected chi connectivity index (χ1v) is 6.28. The lowest BCUT2D eigenvalue weighted by Crippen LogP contribution is -2.20. The quantitative estimate of drug-likeness (QED) is 0.835. The van der Waals surface area contributed by atoms with Crippen molar-refractivity contribution < 1.29 is 9.84 Å². The molecule has 19 heavy (non-hydrogen) atoms. The minimum Gasteiger partial charge on any atom is -0.485 e. The minimum absolute atomic E-state index is 0.0503. The van der Waals surface area contributed by atoms with Crippen LogP contribution in [0.5, 0.6) is 5.75 Å². The van der Waals surface area contributed by atoms with Gasteiger partial charge in [0, 0.05) is 12.2 Å². The highest BCUT2D eigenvalue weighted by Gasteiger charge is 2.07. The molecular weight excluding hydrogens is 240 g/mol. The molecule has 1 unspecified atom stereocenters. The lowest BCUT2D eigenvalue weighted by molar-refractivity contribution is 0.279. The van der Waals surface area contributed by atoms with Gasteiger partial charge in [0.2, 0.25) is 0 Å². The third kappa shape index (κ3) is 3.96. The fourth-order valence-electron chi connectivity index (χ4n) is 1.63. The monoisotopic (exact) mass is 258 g/mol. The molecule has 0 saturated carbocycles. The van der Waals surface area contributed by atoms with E-state index < -0.39 is 0 Å². The molecular formula is C15H18N2O2. The molecule has 0 bridgehead atoms. The van der Waals surface area contributed by atoms with E-state index in [1.54, 1.807) is 6.20 Å². The second-order valence-corrected chi connectivity index (χ2v) is 4.35. The molecule has 2 N–H and O–H groups in total. The highest BCUT2D eigenvalue weighted by molar-refractivity contribution is 5.50. The molecule has 0 saturated heterocycles. The van der Waals surface area contributed by atoms with Gasteiger partial charge in [-0.05, 0) is 24.6 Å². The van der Waals surface area contributed by atoms with Crippen LogP contribution in [0.4, 0.5) is 5.82 Å². The standard InChI is InChI=1S/C15H18N2O2/c1-12(10-18)17-15-14(8-5-9-16-15)19-11-13-6-3-2-4-7-13/h2-9,12,18H,10-11H2,1H3,(H,16,17). The summed E-state index contributed by atoms with van der Waals surface area (Å²) in [5.74, 6) is 1.34. The zero-order valence-corrected chi connectivity index (χ0v) is 10.9. The molecule has 4 heteroatoms. The van der Waals surface area contributed by atoms with Gasteiger partial charge in [-0.3, -0.25) is 0 Å². The summed E-state index contributed by atoms with van der Waals surface area (Å²) >= 11 is 0. The van der Waals surface area contributed by atoms with Gasteiger partial charge < -0.3 is 15.2 Å². The van der Waals surface area contributed by atoms with Crippen LogP contribution in [0.3, 0.4) is 0 Å². The van der Waals surface area contributed by atoms with Crippen LogP contribution >= 0.6 is 0 Å². The first-order chi connectivity index (χ1) is 9.29. The number of ether oxygens (including phenoxy) is 1. The molecule has 1 heterocycles. The number of aromatic nitrogens is 1. The Morgan fingerprint density at radius 2 is 2.00 bits per heavy atom. The maximum atomic E-state index is 9.06. The zero-order valence-electron chi connectivity index (χ0n) is 10.9. The Labute approximate surface area is 113 Å². The number of nitrogens with one attached hydrogen (secondary N) is 1. The van der Waals surface area contributed by atoms with E-state index in [1.165, 1.54) is 0 Å². The maximum absolute atomic E-state index is 9.06. The second-order valence-electron chi connectivity index (χ2n) is 4.35. The van der Waals surface area contributed by atoms with E-state index >= 15 is 0 Å². The number of benzene rings is 1. The predicted molar refractivity (Wildman–Crippen MR) is 75.2 cm³/mol. The van der Waals surface area contributed by atoms with Crippen LogP contribution in [0.25, 0.3) is 0 Å².